The van der Waals surface area contributed by atoms with Crippen molar-refractivity contribution in [3.63, 3.8) is 0 Å². The number of para-hydroxylation sites is 1. The van der Waals surface area contributed by atoms with Crippen LogP contribution in [0.3, 0.4) is 0 Å². The van der Waals surface area contributed by atoms with Crippen molar-refractivity contribution >= 4 is 11.6 Å². The fourth-order valence-electron chi connectivity index (χ4n) is 4.66. The van der Waals surface area contributed by atoms with Crippen LogP contribution in [0.25, 0.3) is 0 Å². The van der Waals surface area contributed by atoms with Crippen LogP contribution in [0.2, 0.25) is 0 Å². The molecule has 198 valence electrons. The third-order valence-corrected chi connectivity index (χ3v) is 6.41. The van der Waals surface area contributed by atoms with E-state index in [1.54, 1.807) is 12.1 Å². The number of nitrogens with two attached hydrogens (primary N) is 1. The maximum atomic E-state index is 13.8. The minimum atomic E-state index is -4.55. The van der Waals surface area contributed by atoms with Gasteiger partial charge in [-0.3, -0.25) is 9.69 Å². The highest BCUT2D eigenvalue weighted by Gasteiger charge is 2.41. The van der Waals surface area contributed by atoms with Gasteiger partial charge in [0.2, 0.25) is 5.91 Å². The number of hydrogen-bond acceptors (Lipinski definition) is 5. The topological polar surface area (TPSA) is 70.8 Å². The van der Waals surface area contributed by atoms with E-state index in [9.17, 15) is 18.0 Å². The summed E-state index contributed by atoms with van der Waals surface area (Å²) < 4.78 is 47.5. The summed E-state index contributed by atoms with van der Waals surface area (Å²) in [5, 5.41) is 3.27. The van der Waals surface area contributed by atoms with Crippen LogP contribution in [0.15, 0.2) is 42.5 Å². The van der Waals surface area contributed by atoms with E-state index in [1.165, 1.54) is 12.1 Å². The maximum Gasteiger partial charge on any atom is 0.416 e. The lowest BCUT2D eigenvalue weighted by Gasteiger charge is -2.35. The van der Waals surface area contributed by atoms with Gasteiger partial charge in [-0.2, -0.15) is 13.2 Å². The van der Waals surface area contributed by atoms with Crippen molar-refractivity contribution in [3.05, 3.63) is 59.2 Å². The molecule has 1 atom stereocenters. The predicted molar refractivity (Wildman–Crippen MR) is 136 cm³/mol. The first-order chi connectivity index (χ1) is 16.9. The second kappa shape index (κ2) is 11.5. The van der Waals surface area contributed by atoms with Crippen LogP contribution in [0, 0.1) is 5.92 Å². The van der Waals surface area contributed by atoms with Gasteiger partial charge in [0.05, 0.1) is 11.3 Å². The van der Waals surface area contributed by atoms with Gasteiger partial charge < -0.3 is 20.7 Å². The monoisotopic (exact) mass is 506 g/mol. The Hall–Kier alpha value is -2.78. The molecule has 1 amide bonds. The van der Waals surface area contributed by atoms with E-state index in [1.807, 2.05) is 31.1 Å². The number of anilines is 1. The van der Waals surface area contributed by atoms with Gasteiger partial charge in [0.15, 0.2) is 0 Å². The van der Waals surface area contributed by atoms with Crippen LogP contribution in [0.1, 0.15) is 37.0 Å². The van der Waals surface area contributed by atoms with Gasteiger partial charge in [0, 0.05) is 38.2 Å². The average Bonchev–Trinajstić information content (AvgIpc) is 2.99. The summed E-state index contributed by atoms with van der Waals surface area (Å²) >= 11 is 0. The van der Waals surface area contributed by atoms with Crippen LogP contribution < -0.4 is 15.8 Å². The van der Waals surface area contributed by atoms with Crippen LogP contribution in [0.4, 0.5) is 18.9 Å². The van der Waals surface area contributed by atoms with Gasteiger partial charge in [-0.05, 0) is 44.1 Å². The van der Waals surface area contributed by atoms with Crippen molar-refractivity contribution in [2.75, 3.05) is 45.7 Å². The number of alkyl halides is 3. The summed E-state index contributed by atoms with van der Waals surface area (Å²) in [6, 6.07) is 11.0. The molecule has 0 aromatic heterocycles. The Morgan fingerprint density at radius 2 is 1.89 bits per heavy atom. The molecule has 1 aliphatic rings. The molecule has 1 heterocycles. The molecule has 0 aliphatic carbocycles. The molecule has 0 spiro atoms. The molecule has 0 radical (unpaired) electrons. The van der Waals surface area contributed by atoms with Gasteiger partial charge in [-0.25, -0.2) is 0 Å². The minimum Gasteiger partial charge on any atom is -0.490 e. The standard InChI is InChI=1S/C27H37F3N4O2/c1-19(2)17-34-14-15-36-24-21(18-34)9-7-11-23(24)32-26(25(31)35,12-13-33(3)4)16-20-8-5-6-10-22(20)27(28,29)30/h5-11,19,32H,12-18H2,1-4H3,(H2,31,35). The molecule has 2 aromatic carbocycles. The van der Waals surface area contributed by atoms with Crippen molar-refractivity contribution in [1.29, 1.82) is 0 Å². The van der Waals surface area contributed by atoms with E-state index < -0.39 is 23.2 Å². The number of rotatable bonds is 10. The highest BCUT2D eigenvalue weighted by atomic mass is 19.4. The summed E-state index contributed by atoms with van der Waals surface area (Å²) in [7, 11) is 3.69. The SMILES string of the molecule is CC(C)CN1CCOc2c(cccc2NC(CCN(C)C)(Cc2ccccc2C(F)(F)F)C(N)=O)C1. The number of nitrogens with one attached hydrogen (secondary N) is 1. The fraction of sp³-hybridized carbons (Fsp3) is 0.519. The molecule has 1 aliphatic heterocycles. The van der Waals surface area contributed by atoms with Crippen LogP contribution >= 0.6 is 0 Å². The quantitative estimate of drug-likeness (QED) is 0.500. The number of ether oxygens (including phenoxy) is 1. The van der Waals surface area contributed by atoms with Gasteiger partial charge >= 0.3 is 6.18 Å². The molecule has 0 saturated heterocycles. The van der Waals surface area contributed by atoms with E-state index in [0.29, 0.717) is 37.1 Å². The first-order valence-corrected chi connectivity index (χ1v) is 12.3. The Morgan fingerprint density at radius 3 is 2.53 bits per heavy atom. The normalized spacial score (nSPS) is 16.2. The Balaban J connectivity index is 2.03. The molecule has 2 aromatic rings. The van der Waals surface area contributed by atoms with Crippen LogP contribution in [-0.4, -0.2) is 61.6 Å². The van der Waals surface area contributed by atoms with Crippen molar-refractivity contribution in [2.45, 2.75) is 44.9 Å². The van der Waals surface area contributed by atoms with E-state index in [4.69, 9.17) is 10.5 Å². The van der Waals surface area contributed by atoms with E-state index >= 15 is 0 Å². The molecule has 0 saturated carbocycles. The highest BCUT2D eigenvalue weighted by molar-refractivity contribution is 5.89. The molecule has 1 unspecified atom stereocenters. The second-order valence-corrected chi connectivity index (χ2v) is 10.2. The Labute approximate surface area is 211 Å². The Morgan fingerprint density at radius 1 is 1.17 bits per heavy atom. The Bertz CT molecular complexity index is 1040. The minimum absolute atomic E-state index is 0.0149. The number of halogens is 3. The lowest BCUT2D eigenvalue weighted by atomic mass is 9.84. The molecular formula is C27H37F3N4O2. The van der Waals surface area contributed by atoms with Gasteiger partial charge in [-0.1, -0.05) is 44.2 Å². The third kappa shape index (κ3) is 6.91. The lowest BCUT2D eigenvalue weighted by molar-refractivity contribution is -0.138. The van der Waals surface area contributed by atoms with E-state index in [0.717, 1.165) is 24.7 Å². The molecule has 36 heavy (non-hydrogen) atoms. The zero-order valence-corrected chi connectivity index (χ0v) is 21.5. The highest BCUT2D eigenvalue weighted by Crippen LogP contribution is 2.38. The summed E-state index contributed by atoms with van der Waals surface area (Å²) in [6.45, 7) is 7.60. The van der Waals surface area contributed by atoms with Crippen molar-refractivity contribution in [3.8, 4) is 5.75 Å². The molecule has 3 rings (SSSR count). The first-order valence-electron chi connectivity index (χ1n) is 12.3. The van der Waals surface area contributed by atoms with Gasteiger partial charge in [0.1, 0.15) is 17.9 Å². The predicted octanol–water partition coefficient (Wildman–Crippen LogP) is 4.39. The second-order valence-electron chi connectivity index (χ2n) is 10.2. The van der Waals surface area contributed by atoms with Crippen molar-refractivity contribution < 1.29 is 22.7 Å². The van der Waals surface area contributed by atoms with Gasteiger partial charge in [-0.15, -0.1) is 0 Å². The largest absolute Gasteiger partial charge is 0.490 e. The van der Waals surface area contributed by atoms with E-state index in [-0.39, 0.29) is 18.4 Å². The number of hydrogen-bond donors (Lipinski definition) is 2. The average molecular weight is 507 g/mol. The summed E-state index contributed by atoms with van der Waals surface area (Å²) in [5.41, 5.74) is 5.24. The molecule has 9 heteroatoms. The zero-order chi connectivity index (χ0) is 26.5. The van der Waals surface area contributed by atoms with E-state index in [2.05, 4.69) is 24.1 Å². The van der Waals surface area contributed by atoms with Crippen molar-refractivity contribution in [1.82, 2.24) is 9.80 Å². The molecule has 3 N–H and O–H groups in total. The summed E-state index contributed by atoms with van der Waals surface area (Å²) in [6.07, 6.45) is -4.55. The number of primary amides is 1. The zero-order valence-electron chi connectivity index (χ0n) is 21.5. The maximum absolute atomic E-state index is 13.8. The molecular weight excluding hydrogens is 469 g/mol. The van der Waals surface area contributed by atoms with Gasteiger partial charge in [0.25, 0.3) is 0 Å². The Kier molecular flexibility index (Phi) is 8.89. The molecule has 0 bridgehead atoms. The smallest absolute Gasteiger partial charge is 0.416 e. The molecule has 0 fully saturated rings. The molecule has 6 nitrogen and oxygen atoms in total. The third-order valence-electron chi connectivity index (χ3n) is 6.41. The number of fused-ring (bicyclic) bond motifs is 1. The number of carbonyl (C=O) groups excluding carboxylic acids is 1. The van der Waals surface area contributed by atoms with Crippen LogP contribution in [0.5, 0.6) is 5.75 Å². The summed E-state index contributed by atoms with van der Waals surface area (Å²) in [4.78, 5) is 17.2. The summed E-state index contributed by atoms with van der Waals surface area (Å²) in [5.74, 6) is 0.396. The lowest BCUT2D eigenvalue weighted by Crippen LogP contribution is -2.54. The fourth-order valence-corrected chi connectivity index (χ4v) is 4.66. The number of benzene rings is 2. The number of carbonyl (C=O) groups is 1. The van der Waals surface area contributed by atoms with Crippen molar-refractivity contribution in [2.24, 2.45) is 11.7 Å². The number of amides is 1. The number of nitrogens with zero attached hydrogens (tertiary/aromatic N) is 2. The van der Waals surface area contributed by atoms with Crippen LogP contribution in [-0.2, 0) is 23.9 Å². The first kappa shape index (κ1) is 27.8.